The fourth-order valence-electron chi connectivity index (χ4n) is 1.76. The molecule has 1 fully saturated rings. The van der Waals surface area contributed by atoms with E-state index >= 15 is 0 Å². The third-order valence-corrected chi connectivity index (χ3v) is 3.25. The average molecular weight is 255 g/mol. The first-order valence-corrected chi connectivity index (χ1v) is 5.86. The standard InChI is InChI=1S/C11H15BrN2/c1-13-11(8-2-3-8)6-10-5-4-9(12)7-14-10/h4-5,7-8,11,13H,2-3,6H2,1H3. The largest absolute Gasteiger partial charge is 0.316 e. The summed E-state index contributed by atoms with van der Waals surface area (Å²) in [6, 6.07) is 4.77. The van der Waals surface area contributed by atoms with Gasteiger partial charge in [-0.2, -0.15) is 0 Å². The van der Waals surface area contributed by atoms with E-state index in [1.165, 1.54) is 18.5 Å². The lowest BCUT2D eigenvalue weighted by molar-refractivity contribution is 0.495. The fraction of sp³-hybridized carbons (Fsp3) is 0.545. The van der Waals surface area contributed by atoms with Gasteiger partial charge in [0.25, 0.3) is 0 Å². The molecule has 0 spiro atoms. The Kier molecular flexibility index (Phi) is 3.19. The number of rotatable bonds is 4. The monoisotopic (exact) mass is 254 g/mol. The minimum atomic E-state index is 0.615. The number of nitrogens with zero attached hydrogens (tertiary/aromatic N) is 1. The minimum absolute atomic E-state index is 0.615. The summed E-state index contributed by atoms with van der Waals surface area (Å²) in [6.07, 6.45) is 5.67. The number of nitrogens with one attached hydrogen (secondary N) is 1. The number of hydrogen-bond acceptors (Lipinski definition) is 2. The van der Waals surface area contributed by atoms with E-state index < -0.39 is 0 Å². The van der Waals surface area contributed by atoms with Gasteiger partial charge in [0.2, 0.25) is 0 Å². The van der Waals surface area contributed by atoms with Crippen LogP contribution in [-0.2, 0) is 6.42 Å². The molecule has 2 nitrogen and oxygen atoms in total. The highest BCUT2D eigenvalue weighted by atomic mass is 79.9. The molecule has 3 heteroatoms. The smallest absolute Gasteiger partial charge is 0.0420 e. The predicted molar refractivity (Wildman–Crippen MR) is 61.2 cm³/mol. The Labute approximate surface area is 93.3 Å². The fourth-order valence-corrected chi connectivity index (χ4v) is 1.99. The van der Waals surface area contributed by atoms with Crippen molar-refractivity contribution in [2.45, 2.75) is 25.3 Å². The molecule has 1 aliphatic carbocycles. The van der Waals surface area contributed by atoms with Crippen LogP contribution in [0.5, 0.6) is 0 Å². The first kappa shape index (κ1) is 10.1. The molecule has 0 radical (unpaired) electrons. The zero-order chi connectivity index (χ0) is 9.97. The van der Waals surface area contributed by atoms with E-state index in [1.807, 2.05) is 13.2 Å². The Bertz CT molecular complexity index is 293. The van der Waals surface area contributed by atoms with Crippen LogP contribution >= 0.6 is 15.9 Å². The third kappa shape index (κ3) is 2.55. The molecule has 1 N–H and O–H groups in total. The van der Waals surface area contributed by atoms with Crippen molar-refractivity contribution in [1.29, 1.82) is 0 Å². The highest BCUT2D eigenvalue weighted by molar-refractivity contribution is 9.10. The van der Waals surface area contributed by atoms with Crippen LogP contribution in [0.4, 0.5) is 0 Å². The Morgan fingerprint density at radius 1 is 1.57 bits per heavy atom. The topological polar surface area (TPSA) is 24.9 Å². The van der Waals surface area contributed by atoms with Gasteiger partial charge in [0.15, 0.2) is 0 Å². The first-order valence-electron chi connectivity index (χ1n) is 5.07. The number of hydrogen-bond donors (Lipinski definition) is 1. The summed E-state index contributed by atoms with van der Waals surface area (Å²) in [5, 5.41) is 3.38. The van der Waals surface area contributed by atoms with Crippen LogP contribution in [0.3, 0.4) is 0 Å². The molecular weight excluding hydrogens is 240 g/mol. The van der Waals surface area contributed by atoms with Crippen LogP contribution in [0.2, 0.25) is 0 Å². The second kappa shape index (κ2) is 4.41. The van der Waals surface area contributed by atoms with Gasteiger partial charge >= 0.3 is 0 Å². The van der Waals surface area contributed by atoms with Gasteiger partial charge in [0, 0.05) is 28.8 Å². The van der Waals surface area contributed by atoms with Gasteiger partial charge in [-0.1, -0.05) is 0 Å². The van der Waals surface area contributed by atoms with Crippen LogP contribution in [0.25, 0.3) is 0 Å². The van der Waals surface area contributed by atoms with E-state index in [-0.39, 0.29) is 0 Å². The normalized spacial score (nSPS) is 18.1. The lowest BCUT2D eigenvalue weighted by Crippen LogP contribution is -2.29. The zero-order valence-electron chi connectivity index (χ0n) is 8.33. The maximum Gasteiger partial charge on any atom is 0.0420 e. The quantitative estimate of drug-likeness (QED) is 0.893. The van der Waals surface area contributed by atoms with Gasteiger partial charge in [0.1, 0.15) is 0 Å². The molecule has 1 aliphatic rings. The van der Waals surface area contributed by atoms with Crippen molar-refractivity contribution in [2.75, 3.05) is 7.05 Å². The number of likely N-dealkylation sites (N-methyl/N-ethyl adjacent to an activating group) is 1. The molecule has 1 atom stereocenters. The number of halogens is 1. The van der Waals surface area contributed by atoms with E-state index in [9.17, 15) is 0 Å². The van der Waals surface area contributed by atoms with Crippen molar-refractivity contribution in [2.24, 2.45) is 5.92 Å². The van der Waals surface area contributed by atoms with E-state index in [2.05, 4.69) is 38.4 Å². The minimum Gasteiger partial charge on any atom is -0.316 e. The first-order chi connectivity index (χ1) is 6.79. The Morgan fingerprint density at radius 2 is 2.36 bits per heavy atom. The number of aromatic nitrogens is 1. The van der Waals surface area contributed by atoms with Crippen molar-refractivity contribution in [3.05, 3.63) is 28.5 Å². The SMILES string of the molecule is CNC(Cc1ccc(Br)cn1)C1CC1. The third-order valence-electron chi connectivity index (χ3n) is 2.78. The van der Waals surface area contributed by atoms with Crippen LogP contribution in [-0.4, -0.2) is 18.1 Å². The molecule has 1 aromatic rings. The maximum atomic E-state index is 4.39. The second-order valence-corrected chi connectivity index (χ2v) is 4.82. The van der Waals surface area contributed by atoms with Crippen molar-refractivity contribution in [3.8, 4) is 0 Å². The summed E-state index contributed by atoms with van der Waals surface area (Å²) in [4.78, 5) is 4.39. The summed E-state index contributed by atoms with van der Waals surface area (Å²) in [5.41, 5.74) is 1.18. The van der Waals surface area contributed by atoms with Crippen LogP contribution in [0.15, 0.2) is 22.8 Å². The van der Waals surface area contributed by atoms with Gasteiger partial charge in [-0.05, 0) is 53.9 Å². The highest BCUT2D eigenvalue weighted by Gasteiger charge is 2.30. The number of pyridine rings is 1. The molecule has 0 aliphatic heterocycles. The van der Waals surface area contributed by atoms with Gasteiger partial charge < -0.3 is 5.32 Å². The molecule has 0 amide bonds. The van der Waals surface area contributed by atoms with E-state index in [4.69, 9.17) is 0 Å². The molecule has 1 saturated carbocycles. The predicted octanol–water partition coefficient (Wildman–Crippen LogP) is 2.38. The summed E-state index contributed by atoms with van der Waals surface area (Å²) < 4.78 is 1.05. The molecule has 0 aromatic carbocycles. The van der Waals surface area contributed by atoms with Crippen molar-refractivity contribution in [3.63, 3.8) is 0 Å². The van der Waals surface area contributed by atoms with Gasteiger partial charge in [-0.3, -0.25) is 4.98 Å². The molecule has 0 bridgehead atoms. The molecule has 1 heterocycles. The summed E-state index contributed by atoms with van der Waals surface area (Å²) in [6.45, 7) is 0. The van der Waals surface area contributed by atoms with Gasteiger partial charge in [-0.25, -0.2) is 0 Å². The Hall–Kier alpha value is -0.410. The van der Waals surface area contributed by atoms with Crippen molar-refractivity contribution < 1.29 is 0 Å². The molecule has 1 aromatic heterocycles. The van der Waals surface area contributed by atoms with Gasteiger partial charge in [0.05, 0.1) is 0 Å². The van der Waals surface area contributed by atoms with Gasteiger partial charge in [-0.15, -0.1) is 0 Å². The van der Waals surface area contributed by atoms with Crippen molar-refractivity contribution >= 4 is 15.9 Å². The Morgan fingerprint density at radius 3 is 2.86 bits per heavy atom. The van der Waals surface area contributed by atoms with Crippen LogP contribution in [0.1, 0.15) is 18.5 Å². The Balaban J connectivity index is 1.98. The molecule has 76 valence electrons. The van der Waals surface area contributed by atoms with E-state index in [1.54, 1.807) is 0 Å². The summed E-state index contributed by atoms with van der Waals surface area (Å²) in [7, 11) is 2.04. The molecule has 2 rings (SSSR count). The van der Waals surface area contributed by atoms with Crippen molar-refractivity contribution in [1.82, 2.24) is 10.3 Å². The molecule has 1 unspecified atom stereocenters. The average Bonchev–Trinajstić information content (AvgIpc) is 3.01. The second-order valence-electron chi connectivity index (χ2n) is 3.90. The van der Waals surface area contributed by atoms with Crippen LogP contribution in [0, 0.1) is 5.92 Å². The molecular formula is C11H15BrN2. The summed E-state index contributed by atoms with van der Waals surface area (Å²) in [5.74, 6) is 0.880. The maximum absolute atomic E-state index is 4.39. The lowest BCUT2D eigenvalue weighted by atomic mass is 10.1. The lowest BCUT2D eigenvalue weighted by Gasteiger charge is -2.14. The van der Waals surface area contributed by atoms with E-state index in [0.29, 0.717) is 6.04 Å². The summed E-state index contributed by atoms with van der Waals surface area (Å²) >= 11 is 3.39. The van der Waals surface area contributed by atoms with Crippen LogP contribution < -0.4 is 5.32 Å². The zero-order valence-corrected chi connectivity index (χ0v) is 9.92. The highest BCUT2D eigenvalue weighted by Crippen LogP contribution is 2.33. The molecule has 0 saturated heterocycles. The van der Waals surface area contributed by atoms with E-state index in [0.717, 1.165) is 16.8 Å². The molecule has 14 heavy (non-hydrogen) atoms.